The molecule has 0 saturated carbocycles. The molecule has 0 unspecified atom stereocenters. The van der Waals surface area contributed by atoms with Crippen LogP contribution in [0.15, 0.2) is 47.5 Å². The Morgan fingerprint density at radius 2 is 1.94 bits per heavy atom. The van der Waals surface area contributed by atoms with E-state index in [1.54, 1.807) is 25.6 Å². The van der Waals surface area contributed by atoms with Crippen LogP contribution in [0.25, 0.3) is 0 Å². The molecule has 0 radical (unpaired) electrons. The number of nitrogen functional groups attached to an aromatic ring is 1. The van der Waals surface area contributed by atoms with Gasteiger partial charge in [-0.3, -0.25) is 4.79 Å². The molecule has 0 aliphatic carbocycles. The monoisotopic (exact) mass is 230 g/mol. The van der Waals surface area contributed by atoms with Gasteiger partial charge in [0.1, 0.15) is 5.75 Å². The summed E-state index contributed by atoms with van der Waals surface area (Å²) < 4.78 is 7.18. The third kappa shape index (κ3) is 2.66. The van der Waals surface area contributed by atoms with Crippen molar-refractivity contribution in [3.63, 3.8) is 0 Å². The second-order valence-electron chi connectivity index (χ2n) is 3.78. The summed E-state index contributed by atoms with van der Waals surface area (Å²) in [4.78, 5) is 11.0. The van der Waals surface area contributed by atoms with Gasteiger partial charge in [-0.2, -0.15) is 0 Å². The van der Waals surface area contributed by atoms with Crippen molar-refractivity contribution in [3.05, 3.63) is 58.5 Å². The van der Waals surface area contributed by atoms with Crippen molar-refractivity contribution in [1.82, 2.24) is 4.57 Å². The highest BCUT2D eigenvalue weighted by Gasteiger charge is 2.03. The second-order valence-corrected chi connectivity index (χ2v) is 3.78. The number of pyridine rings is 1. The fourth-order valence-electron chi connectivity index (χ4n) is 1.64. The zero-order valence-corrected chi connectivity index (χ0v) is 9.59. The zero-order valence-electron chi connectivity index (χ0n) is 9.59. The van der Waals surface area contributed by atoms with Gasteiger partial charge in [-0.25, -0.2) is 0 Å². The van der Waals surface area contributed by atoms with Crippen LogP contribution in [-0.2, 0) is 6.54 Å². The minimum Gasteiger partial charge on any atom is -0.496 e. The predicted octanol–water partition coefficient (Wildman–Crippen LogP) is 1.49. The van der Waals surface area contributed by atoms with Crippen LogP contribution in [0.1, 0.15) is 5.56 Å². The lowest BCUT2D eigenvalue weighted by molar-refractivity contribution is 0.408. The Morgan fingerprint density at radius 3 is 2.59 bits per heavy atom. The van der Waals surface area contributed by atoms with Crippen molar-refractivity contribution < 1.29 is 4.74 Å². The number of rotatable bonds is 3. The van der Waals surface area contributed by atoms with Gasteiger partial charge < -0.3 is 15.0 Å². The molecule has 4 nitrogen and oxygen atoms in total. The zero-order chi connectivity index (χ0) is 12.3. The molecule has 2 rings (SSSR count). The molecule has 0 spiro atoms. The van der Waals surface area contributed by atoms with Crippen molar-refractivity contribution in [2.75, 3.05) is 12.8 Å². The van der Waals surface area contributed by atoms with E-state index in [1.807, 2.05) is 16.7 Å². The van der Waals surface area contributed by atoms with E-state index in [2.05, 4.69) is 0 Å². The minimum atomic E-state index is 0.00511. The van der Waals surface area contributed by atoms with E-state index in [0.29, 0.717) is 12.2 Å². The molecule has 1 heterocycles. The van der Waals surface area contributed by atoms with Gasteiger partial charge in [-0.05, 0) is 6.07 Å². The molecular weight excluding hydrogens is 216 g/mol. The summed E-state index contributed by atoms with van der Waals surface area (Å²) in [6, 6.07) is 8.61. The predicted molar refractivity (Wildman–Crippen MR) is 67.2 cm³/mol. The summed E-state index contributed by atoms with van der Waals surface area (Å²) in [6.45, 7) is 0.643. The normalized spacial score (nSPS) is 10.2. The van der Waals surface area contributed by atoms with E-state index in [9.17, 15) is 4.79 Å². The average molecular weight is 230 g/mol. The maximum Gasteiger partial charge on any atom is 0.181 e. The van der Waals surface area contributed by atoms with Crippen LogP contribution in [0.2, 0.25) is 0 Å². The maximum absolute atomic E-state index is 11.0. The van der Waals surface area contributed by atoms with E-state index in [-0.39, 0.29) is 5.43 Å². The van der Waals surface area contributed by atoms with Crippen molar-refractivity contribution in [3.8, 4) is 5.75 Å². The van der Waals surface area contributed by atoms with Crippen LogP contribution in [0.3, 0.4) is 0 Å². The Kier molecular flexibility index (Phi) is 3.14. The number of hydrogen-bond acceptors (Lipinski definition) is 3. The highest BCUT2D eigenvalue weighted by atomic mass is 16.5. The number of nitrogens with two attached hydrogens (primary N) is 1. The largest absolute Gasteiger partial charge is 0.496 e. The minimum absolute atomic E-state index is 0.00511. The van der Waals surface area contributed by atoms with Crippen molar-refractivity contribution in [2.45, 2.75) is 6.54 Å². The summed E-state index contributed by atoms with van der Waals surface area (Å²) in [5.41, 5.74) is 7.38. The first kappa shape index (κ1) is 11.3. The molecule has 0 aliphatic heterocycles. The molecule has 2 aromatic rings. The highest BCUT2D eigenvalue weighted by Crippen LogP contribution is 2.22. The number of benzene rings is 1. The smallest absolute Gasteiger partial charge is 0.181 e. The molecule has 0 amide bonds. The van der Waals surface area contributed by atoms with Crippen LogP contribution >= 0.6 is 0 Å². The van der Waals surface area contributed by atoms with Gasteiger partial charge in [-0.1, -0.05) is 6.07 Å². The number of ether oxygens (including phenoxy) is 1. The molecule has 2 N–H and O–H groups in total. The van der Waals surface area contributed by atoms with Gasteiger partial charge in [0.2, 0.25) is 0 Å². The van der Waals surface area contributed by atoms with Crippen LogP contribution in [0.4, 0.5) is 5.69 Å². The maximum atomic E-state index is 11.0. The molecule has 17 heavy (non-hydrogen) atoms. The first-order valence-electron chi connectivity index (χ1n) is 5.27. The Bertz CT molecular complexity index is 555. The number of nitrogens with zero attached hydrogens (tertiary/aromatic N) is 1. The summed E-state index contributed by atoms with van der Waals surface area (Å²) in [5.74, 6) is 0.753. The van der Waals surface area contributed by atoms with Crippen molar-refractivity contribution >= 4 is 5.69 Å². The SMILES string of the molecule is COc1cc(N)ccc1Cn1ccc(=O)cc1. The fraction of sp³-hybridized carbons (Fsp3) is 0.154. The second kappa shape index (κ2) is 4.74. The number of aromatic nitrogens is 1. The highest BCUT2D eigenvalue weighted by molar-refractivity contribution is 5.48. The van der Waals surface area contributed by atoms with E-state index in [1.165, 1.54) is 12.1 Å². The van der Waals surface area contributed by atoms with Crippen LogP contribution < -0.4 is 15.9 Å². The number of methoxy groups -OCH3 is 1. The summed E-state index contributed by atoms with van der Waals surface area (Å²) >= 11 is 0. The van der Waals surface area contributed by atoms with Crippen LogP contribution in [0, 0.1) is 0 Å². The molecule has 0 fully saturated rings. The van der Waals surface area contributed by atoms with Gasteiger partial charge in [0.15, 0.2) is 5.43 Å². The van der Waals surface area contributed by atoms with E-state index < -0.39 is 0 Å². The molecule has 0 atom stereocenters. The molecule has 0 aliphatic rings. The molecule has 0 bridgehead atoms. The molecule has 1 aromatic carbocycles. The Labute approximate surface area is 99.3 Å². The molecule has 1 aromatic heterocycles. The Hall–Kier alpha value is -2.23. The fourth-order valence-corrected chi connectivity index (χ4v) is 1.64. The molecule has 0 saturated heterocycles. The van der Waals surface area contributed by atoms with Crippen molar-refractivity contribution in [2.24, 2.45) is 0 Å². The van der Waals surface area contributed by atoms with E-state index in [0.717, 1.165) is 11.3 Å². The first-order chi connectivity index (χ1) is 8.19. The van der Waals surface area contributed by atoms with Gasteiger partial charge in [0, 0.05) is 41.8 Å². The van der Waals surface area contributed by atoms with E-state index >= 15 is 0 Å². The number of anilines is 1. The van der Waals surface area contributed by atoms with Gasteiger partial charge in [0.25, 0.3) is 0 Å². The lowest BCUT2D eigenvalue weighted by Gasteiger charge is -2.11. The van der Waals surface area contributed by atoms with Gasteiger partial charge in [0.05, 0.1) is 13.7 Å². The van der Waals surface area contributed by atoms with Crippen LogP contribution in [0.5, 0.6) is 5.75 Å². The van der Waals surface area contributed by atoms with E-state index in [4.69, 9.17) is 10.5 Å². The summed E-state index contributed by atoms with van der Waals surface area (Å²) in [5, 5.41) is 0. The number of hydrogen-bond donors (Lipinski definition) is 1. The van der Waals surface area contributed by atoms with Gasteiger partial charge in [-0.15, -0.1) is 0 Å². The third-order valence-corrected chi connectivity index (χ3v) is 2.52. The Balaban J connectivity index is 2.29. The average Bonchev–Trinajstić information content (AvgIpc) is 2.34. The standard InChI is InChI=1S/C13H14N2O2/c1-17-13-8-11(14)3-2-10(13)9-15-6-4-12(16)5-7-15/h2-8H,9,14H2,1H3. The summed E-state index contributed by atoms with van der Waals surface area (Å²) in [7, 11) is 1.61. The first-order valence-corrected chi connectivity index (χ1v) is 5.27. The van der Waals surface area contributed by atoms with Gasteiger partial charge >= 0.3 is 0 Å². The lowest BCUT2D eigenvalue weighted by Crippen LogP contribution is -2.06. The lowest BCUT2D eigenvalue weighted by atomic mass is 10.2. The molecule has 4 heteroatoms. The molecule has 88 valence electrons. The topological polar surface area (TPSA) is 57.2 Å². The third-order valence-electron chi connectivity index (χ3n) is 2.52. The molecular formula is C13H14N2O2. The summed E-state index contributed by atoms with van der Waals surface area (Å²) in [6.07, 6.45) is 3.50. The van der Waals surface area contributed by atoms with Crippen LogP contribution in [-0.4, -0.2) is 11.7 Å². The van der Waals surface area contributed by atoms with Crippen molar-refractivity contribution in [1.29, 1.82) is 0 Å². The quantitative estimate of drug-likeness (QED) is 0.813. The Morgan fingerprint density at radius 1 is 1.24 bits per heavy atom.